The number of amides is 1. The number of hydrogen-bond donors (Lipinski definition) is 0. The third-order valence-electron chi connectivity index (χ3n) is 6.98. The average molecular weight is 451 g/mol. The quantitative estimate of drug-likeness (QED) is 0.417. The predicted molar refractivity (Wildman–Crippen MR) is 136 cm³/mol. The lowest BCUT2D eigenvalue weighted by Crippen LogP contribution is -2.48. The van der Waals surface area contributed by atoms with Crippen molar-refractivity contribution in [2.45, 2.75) is 18.8 Å². The first-order valence-electron chi connectivity index (χ1n) is 12.0. The van der Waals surface area contributed by atoms with Crippen molar-refractivity contribution in [3.05, 3.63) is 114 Å². The SMILES string of the molecule is CC(C(=O)N1CCOC[C@@H](Cc2ccc3cnccc3c2)C1)(c1ccccc1)c1ccccc1. The van der Waals surface area contributed by atoms with Crippen molar-refractivity contribution in [3.8, 4) is 0 Å². The molecule has 172 valence electrons. The van der Waals surface area contributed by atoms with Gasteiger partial charge in [0.2, 0.25) is 5.91 Å². The highest BCUT2D eigenvalue weighted by atomic mass is 16.5. The average Bonchev–Trinajstić information content (AvgIpc) is 3.14. The van der Waals surface area contributed by atoms with Gasteiger partial charge in [-0.25, -0.2) is 0 Å². The molecule has 1 aliphatic heterocycles. The van der Waals surface area contributed by atoms with Gasteiger partial charge in [-0.1, -0.05) is 78.9 Å². The molecule has 5 rings (SSSR count). The first kappa shape index (κ1) is 22.3. The number of hydrogen-bond acceptors (Lipinski definition) is 3. The van der Waals surface area contributed by atoms with Gasteiger partial charge in [0.1, 0.15) is 0 Å². The number of rotatable bonds is 5. The topological polar surface area (TPSA) is 42.4 Å². The molecule has 4 nitrogen and oxygen atoms in total. The summed E-state index contributed by atoms with van der Waals surface area (Å²) in [7, 11) is 0. The van der Waals surface area contributed by atoms with E-state index < -0.39 is 5.41 Å². The molecule has 1 amide bonds. The molecule has 0 radical (unpaired) electrons. The number of pyridine rings is 1. The number of ether oxygens (including phenoxy) is 1. The Labute approximate surface area is 201 Å². The molecule has 0 aliphatic carbocycles. The summed E-state index contributed by atoms with van der Waals surface area (Å²) >= 11 is 0. The number of carbonyl (C=O) groups excluding carboxylic acids is 1. The number of nitrogens with zero attached hydrogens (tertiary/aromatic N) is 2. The second-order valence-corrected chi connectivity index (χ2v) is 9.31. The van der Waals surface area contributed by atoms with Crippen molar-refractivity contribution in [1.82, 2.24) is 9.88 Å². The van der Waals surface area contributed by atoms with Crippen LogP contribution in [0.4, 0.5) is 0 Å². The van der Waals surface area contributed by atoms with Crippen LogP contribution in [0, 0.1) is 5.92 Å². The Bertz CT molecular complexity index is 1220. The highest BCUT2D eigenvalue weighted by Gasteiger charge is 2.40. The third kappa shape index (κ3) is 4.46. The Kier molecular flexibility index (Phi) is 6.41. The minimum atomic E-state index is -0.757. The molecule has 3 aromatic carbocycles. The zero-order valence-corrected chi connectivity index (χ0v) is 19.6. The molecule has 0 unspecified atom stereocenters. The second kappa shape index (κ2) is 9.78. The monoisotopic (exact) mass is 450 g/mol. The fourth-order valence-corrected chi connectivity index (χ4v) is 5.05. The smallest absolute Gasteiger partial charge is 0.237 e. The van der Waals surface area contributed by atoms with Gasteiger partial charge in [-0.2, -0.15) is 0 Å². The van der Waals surface area contributed by atoms with E-state index in [0.717, 1.165) is 22.9 Å². The summed E-state index contributed by atoms with van der Waals surface area (Å²) in [5.41, 5.74) is 2.52. The van der Waals surface area contributed by atoms with Crippen LogP contribution in [0.15, 0.2) is 97.3 Å². The predicted octanol–water partition coefficient (Wildman–Crippen LogP) is 5.26. The summed E-state index contributed by atoms with van der Waals surface area (Å²) in [5.74, 6) is 0.367. The standard InChI is InChI=1S/C30H30N2O2/c1-30(27-8-4-2-5-9-27,28-10-6-3-7-11-28)29(33)32-16-17-34-22-24(21-32)18-23-12-13-26-20-31-15-14-25(26)19-23/h2-15,19-20,24H,16-18,21-22H2,1H3/t24-/m0/s1. The van der Waals surface area contributed by atoms with E-state index in [1.807, 2.05) is 59.8 Å². The van der Waals surface area contributed by atoms with Crippen LogP contribution in [-0.4, -0.2) is 42.1 Å². The summed E-state index contributed by atoms with van der Waals surface area (Å²) in [5, 5.41) is 2.33. The number of carbonyl (C=O) groups is 1. The van der Waals surface area contributed by atoms with Gasteiger partial charge in [0.25, 0.3) is 0 Å². The Morgan fingerprint density at radius 3 is 2.38 bits per heavy atom. The van der Waals surface area contributed by atoms with Crippen LogP contribution < -0.4 is 0 Å². The largest absolute Gasteiger partial charge is 0.379 e. The number of benzene rings is 3. The maximum Gasteiger partial charge on any atom is 0.237 e. The van der Waals surface area contributed by atoms with Crippen LogP contribution in [0.2, 0.25) is 0 Å². The Morgan fingerprint density at radius 1 is 0.971 bits per heavy atom. The molecule has 0 saturated carbocycles. The van der Waals surface area contributed by atoms with Gasteiger partial charge < -0.3 is 9.64 Å². The van der Waals surface area contributed by atoms with Gasteiger partial charge in [0.05, 0.1) is 18.6 Å². The van der Waals surface area contributed by atoms with Crippen molar-refractivity contribution in [3.63, 3.8) is 0 Å². The first-order valence-corrected chi connectivity index (χ1v) is 12.0. The molecule has 1 atom stereocenters. The van der Waals surface area contributed by atoms with E-state index in [-0.39, 0.29) is 11.8 Å². The molecule has 0 bridgehead atoms. The van der Waals surface area contributed by atoms with E-state index in [1.54, 1.807) is 0 Å². The Morgan fingerprint density at radius 2 is 1.68 bits per heavy atom. The normalized spacial score (nSPS) is 16.9. The molecule has 4 aromatic rings. The van der Waals surface area contributed by atoms with E-state index in [0.29, 0.717) is 26.3 Å². The summed E-state index contributed by atoms with van der Waals surface area (Å²) in [4.78, 5) is 20.4. The van der Waals surface area contributed by atoms with E-state index in [4.69, 9.17) is 4.74 Å². The molecule has 1 fully saturated rings. The minimum absolute atomic E-state index is 0.130. The number of aromatic nitrogens is 1. The van der Waals surface area contributed by atoms with Crippen LogP contribution >= 0.6 is 0 Å². The van der Waals surface area contributed by atoms with E-state index >= 15 is 0 Å². The molecule has 4 heteroatoms. The summed E-state index contributed by atoms with van der Waals surface area (Å²) in [6, 6.07) is 28.8. The van der Waals surface area contributed by atoms with Gasteiger partial charge in [-0.05, 0) is 41.5 Å². The van der Waals surface area contributed by atoms with Crippen LogP contribution in [0.25, 0.3) is 10.8 Å². The molecule has 1 aliphatic rings. The van der Waals surface area contributed by atoms with Gasteiger partial charge >= 0.3 is 0 Å². The maximum absolute atomic E-state index is 14.2. The minimum Gasteiger partial charge on any atom is -0.379 e. The van der Waals surface area contributed by atoms with Gasteiger partial charge in [0, 0.05) is 36.8 Å². The van der Waals surface area contributed by atoms with E-state index in [9.17, 15) is 4.79 Å². The van der Waals surface area contributed by atoms with E-state index in [1.165, 1.54) is 10.9 Å². The van der Waals surface area contributed by atoms with Crippen LogP contribution in [0.1, 0.15) is 23.6 Å². The van der Waals surface area contributed by atoms with Crippen LogP contribution in [0.5, 0.6) is 0 Å². The fourth-order valence-electron chi connectivity index (χ4n) is 5.05. The van der Waals surface area contributed by atoms with Crippen molar-refractivity contribution >= 4 is 16.7 Å². The third-order valence-corrected chi connectivity index (χ3v) is 6.98. The zero-order chi connectivity index (χ0) is 23.4. The Hall–Kier alpha value is -3.50. The molecular weight excluding hydrogens is 420 g/mol. The fraction of sp³-hybridized carbons (Fsp3) is 0.267. The van der Waals surface area contributed by atoms with Gasteiger partial charge in [-0.15, -0.1) is 0 Å². The lowest BCUT2D eigenvalue weighted by Gasteiger charge is -2.36. The summed E-state index contributed by atoms with van der Waals surface area (Å²) in [6.07, 6.45) is 4.59. The number of fused-ring (bicyclic) bond motifs is 1. The highest BCUT2D eigenvalue weighted by molar-refractivity contribution is 5.91. The van der Waals surface area contributed by atoms with Crippen molar-refractivity contribution in [2.75, 3.05) is 26.3 Å². The van der Waals surface area contributed by atoms with Crippen molar-refractivity contribution in [2.24, 2.45) is 5.92 Å². The first-order chi connectivity index (χ1) is 16.6. The molecule has 1 saturated heterocycles. The Balaban J connectivity index is 1.42. The maximum atomic E-state index is 14.2. The zero-order valence-electron chi connectivity index (χ0n) is 19.6. The lowest BCUT2D eigenvalue weighted by atomic mass is 9.75. The summed E-state index contributed by atoms with van der Waals surface area (Å²) < 4.78 is 5.97. The molecule has 34 heavy (non-hydrogen) atoms. The van der Waals surface area contributed by atoms with Crippen LogP contribution in [0.3, 0.4) is 0 Å². The molecular formula is C30H30N2O2. The van der Waals surface area contributed by atoms with Gasteiger partial charge in [0.15, 0.2) is 0 Å². The molecule has 0 spiro atoms. The second-order valence-electron chi connectivity index (χ2n) is 9.31. The van der Waals surface area contributed by atoms with Crippen molar-refractivity contribution in [1.29, 1.82) is 0 Å². The van der Waals surface area contributed by atoms with Crippen molar-refractivity contribution < 1.29 is 9.53 Å². The van der Waals surface area contributed by atoms with E-state index in [2.05, 4.69) is 54.4 Å². The highest BCUT2D eigenvalue weighted by Crippen LogP contribution is 2.34. The lowest BCUT2D eigenvalue weighted by molar-refractivity contribution is -0.135. The molecule has 2 heterocycles. The molecule has 1 aromatic heterocycles. The molecule has 0 N–H and O–H groups in total. The summed E-state index contributed by atoms with van der Waals surface area (Å²) in [6.45, 7) is 4.56. The van der Waals surface area contributed by atoms with Crippen LogP contribution in [-0.2, 0) is 21.4 Å². The van der Waals surface area contributed by atoms with Gasteiger partial charge in [-0.3, -0.25) is 9.78 Å².